The van der Waals surface area contributed by atoms with Crippen LogP contribution in [0.2, 0.25) is 0 Å². The molecule has 0 saturated carbocycles. The Balaban J connectivity index is 1.95. The molecule has 0 aliphatic carbocycles. The first-order chi connectivity index (χ1) is 11.4. The maximum atomic E-state index is 13.1. The monoisotopic (exact) mass is 330 g/mol. The fourth-order valence-electron chi connectivity index (χ4n) is 2.98. The van der Waals surface area contributed by atoms with Gasteiger partial charge in [0.2, 0.25) is 0 Å². The number of aromatic nitrogens is 3. The molecule has 7 heteroatoms. The third kappa shape index (κ3) is 2.24. The number of pyridine rings is 1. The first kappa shape index (κ1) is 14.7. The number of para-hydroxylation sites is 1. The lowest BCUT2D eigenvalue weighted by Crippen LogP contribution is -2.24. The molecule has 0 bridgehead atoms. The number of hydrogen-bond acceptors (Lipinski definition) is 3. The molecule has 0 radical (unpaired) electrons. The summed E-state index contributed by atoms with van der Waals surface area (Å²) in [4.78, 5) is 10.1. The van der Waals surface area contributed by atoms with Gasteiger partial charge in [0.05, 0.1) is 24.3 Å². The van der Waals surface area contributed by atoms with Gasteiger partial charge in [-0.3, -0.25) is 0 Å². The van der Waals surface area contributed by atoms with Crippen molar-refractivity contribution >= 4 is 11.5 Å². The number of hydrogen-bond donors (Lipinski definition) is 0. The number of anilines is 2. The van der Waals surface area contributed by atoms with E-state index in [2.05, 4.69) is 9.97 Å². The standard InChI is InChI=1S/C17H13F3N4/c1-23-10-21-13-9-24(11-5-3-2-4-6-11)16-12(15(13)23)7-8-14(22-16)17(18,19)20/h2-8,10H,9H2,1H3. The van der Waals surface area contributed by atoms with E-state index in [0.29, 0.717) is 17.9 Å². The van der Waals surface area contributed by atoms with Crippen LogP contribution in [0.5, 0.6) is 0 Å². The SMILES string of the molecule is Cn1cnc2c1-c1ccc(C(F)(F)F)nc1N(c1ccccc1)C2. The van der Waals surface area contributed by atoms with Gasteiger partial charge in [-0.2, -0.15) is 13.2 Å². The molecule has 3 heterocycles. The van der Waals surface area contributed by atoms with Crippen molar-refractivity contribution in [1.29, 1.82) is 0 Å². The van der Waals surface area contributed by atoms with E-state index in [1.54, 1.807) is 11.2 Å². The second kappa shape index (κ2) is 5.09. The zero-order chi connectivity index (χ0) is 16.9. The van der Waals surface area contributed by atoms with Crippen molar-refractivity contribution in [2.75, 3.05) is 4.90 Å². The van der Waals surface area contributed by atoms with Crippen molar-refractivity contribution in [3.05, 3.63) is 60.2 Å². The second-order valence-corrected chi connectivity index (χ2v) is 5.64. The third-order valence-corrected chi connectivity index (χ3v) is 4.06. The molecule has 24 heavy (non-hydrogen) atoms. The first-order valence-electron chi connectivity index (χ1n) is 7.36. The minimum absolute atomic E-state index is 0.298. The highest BCUT2D eigenvalue weighted by Gasteiger charge is 2.36. The fourth-order valence-corrected chi connectivity index (χ4v) is 2.98. The molecule has 0 fully saturated rings. The molecule has 0 spiro atoms. The van der Waals surface area contributed by atoms with Crippen LogP contribution >= 0.6 is 0 Å². The molecular formula is C17H13F3N4. The van der Waals surface area contributed by atoms with E-state index in [1.165, 1.54) is 6.07 Å². The Labute approximate surface area is 136 Å². The lowest BCUT2D eigenvalue weighted by Gasteiger charge is -2.30. The fraction of sp³-hybridized carbons (Fsp3) is 0.176. The van der Waals surface area contributed by atoms with Crippen molar-refractivity contribution in [1.82, 2.24) is 14.5 Å². The lowest BCUT2D eigenvalue weighted by molar-refractivity contribution is -0.141. The van der Waals surface area contributed by atoms with Gasteiger partial charge < -0.3 is 9.47 Å². The second-order valence-electron chi connectivity index (χ2n) is 5.64. The van der Waals surface area contributed by atoms with Gasteiger partial charge in [-0.25, -0.2) is 9.97 Å². The molecule has 0 unspecified atom stereocenters. The largest absolute Gasteiger partial charge is 0.433 e. The van der Waals surface area contributed by atoms with Crippen molar-refractivity contribution in [2.24, 2.45) is 7.05 Å². The summed E-state index contributed by atoms with van der Waals surface area (Å²) >= 11 is 0. The summed E-state index contributed by atoms with van der Waals surface area (Å²) in [5, 5.41) is 0. The molecule has 0 N–H and O–H groups in total. The van der Waals surface area contributed by atoms with Crippen LogP contribution in [0.1, 0.15) is 11.4 Å². The highest BCUT2D eigenvalue weighted by molar-refractivity contribution is 5.82. The summed E-state index contributed by atoms with van der Waals surface area (Å²) in [6, 6.07) is 11.7. The molecule has 1 aromatic carbocycles. The first-order valence-corrected chi connectivity index (χ1v) is 7.36. The van der Waals surface area contributed by atoms with Crippen molar-refractivity contribution in [2.45, 2.75) is 12.7 Å². The normalized spacial score (nSPS) is 13.6. The molecule has 0 saturated heterocycles. The summed E-state index contributed by atoms with van der Waals surface area (Å²) in [6.45, 7) is 0.376. The topological polar surface area (TPSA) is 34.0 Å². The van der Waals surface area contributed by atoms with Crippen LogP contribution in [0, 0.1) is 0 Å². The Morgan fingerprint density at radius 2 is 1.79 bits per heavy atom. The molecule has 0 amide bonds. The third-order valence-electron chi connectivity index (χ3n) is 4.06. The number of fused-ring (bicyclic) bond motifs is 3. The molecular weight excluding hydrogens is 317 g/mol. The zero-order valence-corrected chi connectivity index (χ0v) is 12.7. The van der Waals surface area contributed by atoms with Crippen LogP contribution in [-0.4, -0.2) is 14.5 Å². The minimum Gasteiger partial charge on any atom is -0.333 e. The van der Waals surface area contributed by atoms with Gasteiger partial charge in [0.1, 0.15) is 11.5 Å². The quantitative estimate of drug-likeness (QED) is 0.672. The highest BCUT2D eigenvalue weighted by Crippen LogP contribution is 2.42. The molecule has 3 aromatic rings. The molecule has 4 nitrogen and oxygen atoms in total. The van der Waals surface area contributed by atoms with Crippen LogP contribution in [0.15, 0.2) is 48.8 Å². The Bertz CT molecular complexity index is 900. The molecule has 2 aromatic heterocycles. The van der Waals surface area contributed by atoms with E-state index >= 15 is 0 Å². The van der Waals surface area contributed by atoms with Gasteiger partial charge in [-0.1, -0.05) is 18.2 Å². The van der Waals surface area contributed by atoms with Gasteiger partial charge in [0, 0.05) is 18.3 Å². The molecule has 1 aliphatic heterocycles. The van der Waals surface area contributed by atoms with E-state index < -0.39 is 11.9 Å². The smallest absolute Gasteiger partial charge is 0.333 e. The van der Waals surface area contributed by atoms with Crippen LogP contribution < -0.4 is 4.90 Å². The number of aryl methyl sites for hydroxylation is 1. The molecule has 0 atom stereocenters. The van der Waals surface area contributed by atoms with Crippen molar-refractivity contribution in [3.8, 4) is 11.3 Å². The van der Waals surface area contributed by atoms with Crippen LogP contribution in [0.25, 0.3) is 11.3 Å². The average Bonchev–Trinajstić information content (AvgIpc) is 2.95. The summed E-state index contributed by atoms with van der Waals surface area (Å²) in [7, 11) is 1.82. The maximum Gasteiger partial charge on any atom is 0.433 e. The Hall–Kier alpha value is -2.83. The zero-order valence-electron chi connectivity index (χ0n) is 12.7. The van der Waals surface area contributed by atoms with Gasteiger partial charge in [-0.05, 0) is 24.3 Å². The number of nitrogens with zero attached hydrogens (tertiary/aromatic N) is 4. The van der Waals surface area contributed by atoms with Gasteiger partial charge in [0.15, 0.2) is 0 Å². The minimum atomic E-state index is -4.48. The number of imidazole rings is 1. The van der Waals surface area contributed by atoms with Gasteiger partial charge in [-0.15, -0.1) is 0 Å². The molecule has 1 aliphatic rings. The Morgan fingerprint density at radius 1 is 1.04 bits per heavy atom. The summed E-state index contributed by atoms with van der Waals surface area (Å²) < 4.78 is 41.1. The van der Waals surface area contributed by atoms with Crippen LogP contribution in [0.4, 0.5) is 24.7 Å². The Morgan fingerprint density at radius 3 is 2.50 bits per heavy atom. The lowest BCUT2D eigenvalue weighted by atomic mass is 10.0. The number of alkyl halides is 3. The van der Waals surface area contributed by atoms with Crippen molar-refractivity contribution in [3.63, 3.8) is 0 Å². The number of halogens is 3. The van der Waals surface area contributed by atoms with E-state index in [4.69, 9.17) is 0 Å². The number of rotatable bonds is 1. The highest BCUT2D eigenvalue weighted by atomic mass is 19.4. The number of benzene rings is 1. The van der Waals surface area contributed by atoms with Gasteiger partial charge >= 0.3 is 6.18 Å². The predicted molar refractivity (Wildman–Crippen MR) is 83.7 cm³/mol. The Kier molecular flexibility index (Phi) is 3.13. The van der Waals surface area contributed by atoms with E-state index in [1.807, 2.05) is 41.9 Å². The molecule has 4 rings (SSSR count). The van der Waals surface area contributed by atoms with E-state index in [9.17, 15) is 13.2 Å². The van der Waals surface area contributed by atoms with E-state index in [0.717, 1.165) is 23.1 Å². The average molecular weight is 330 g/mol. The van der Waals surface area contributed by atoms with Crippen LogP contribution in [0.3, 0.4) is 0 Å². The van der Waals surface area contributed by atoms with Crippen molar-refractivity contribution < 1.29 is 13.2 Å². The van der Waals surface area contributed by atoms with Crippen LogP contribution in [-0.2, 0) is 19.8 Å². The predicted octanol–water partition coefficient (Wildman–Crippen LogP) is 4.15. The summed E-state index contributed by atoms with van der Waals surface area (Å²) in [6.07, 6.45) is -2.81. The van der Waals surface area contributed by atoms with E-state index in [-0.39, 0.29) is 0 Å². The summed E-state index contributed by atoms with van der Waals surface area (Å²) in [5.41, 5.74) is 2.15. The van der Waals surface area contributed by atoms with Gasteiger partial charge in [0.25, 0.3) is 0 Å². The maximum absolute atomic E-state index is 13.1. The summed E-state index contributed by atoms with van der Waals surface area (Å²) in [5.74, 6) is 0.298. The molecule has 122 valence electrons.